The molecule has 0 aromatic heterocycles. The summed E-state index contributed by atoms with van der Waals surface area (Å²) in [6.45, 7) is 2.62. The first kappa shape index (κ1) is 14.5. The van der Waals surface area contributed by atoms with E-state index >= 15 is 0 Å². The largest absolute Gasteiger partial charge is 0.359 e. The molecule has 0 spiro atoms. The average Bonchev–Trinajstić information content (AvgIpc) is 2.43. The standard InChI is InChI=1S/C14H18BrFN2O/c1-17-14(19)11-4-6-18(7-5-11)9-10-2-3-13(16)12(15)8-10/h2-3,8,11H,4-7,9H2,1H3,(H,17,19). The quantitative estimate of drug-likeness (QED) is 0.924. The lowest BCUT2D eigenvalue weighted by Crippen LogP contribution is -2.39. The molecule has 0 bridgehead atoms. The van der Waals surface area contributed by atoms with Crippen molar-refractivity contribution in [1.29, 1.82) is 0 Å². The maximum absolute atomic E-state index is 13.2. The number of nitrogens with zero attached hydrogens (tertiary/aromatic N) is 1. The van der Waals surface area contributed by atoms with E-state index in [1.54, 1.807) is 7.05 Å². The SMILES string of the molecule is CNC(=O)C1CCN(Cc2ccc(F)c(Br)c2)CC1. The molecule has 1 aliphatic heterocycles. The van der Waals surface area contributed by atoms with Crippen molar-refractivity contribution >= 4 is 21.8 Å². The second-order valence-electron chi connectivity index (χ2n) is 4.91. The summed E-state index contributed by atoms with van der Waals surface area (Å²) in [5.74, 6) is 0.0486. The highest BCUT2D eigenvalue weighted by atomic mass is 79.9. The molecule has 1 heterocycles. The molecule has 1 aromatic carbocycles. The monoisotopic (exact) mass is 328 g/mol. The molecular weight excluding hydrogens is 311 g/mol. The summed E-state index contributed by atoms with van der Waals surface area (Å²) in [6.07, 6.45) is 1.78. The predicted molar refractivity (Wildman–Crippen MR) is 76.2 cm³/mol. The van der Waals surface area contributed by atoms with Crippen molar-refractivity contribution in [3.8, 4) is 0 Å². The molecule has 104 valence electrons. The summed E-state index contributed by atoms with van der Waals surface area (Å²) >= 11 is 3.20. The fourth-order valence-electron chi connectivity index (χ4n) is 2.45. The number of benzene rings is 1. The van der Waals surface area contributed by atoms with E-state index < -0.39 is 0 Å². The van der Waals surface area contributed by atoms with Gasteiger partial charge in [-0.2, -0.15) is 0 Å². The molecule has 0 unspecified atom stereocenters. The van der Waals surface area contributed by atoms with E-state index in [1.807, 2.05) is 12.1 Å². The number of hydrogen-bond donors (Lipinski definition) is 1. The van der Waals surface area contributed by atoms with Crippen LogP contribution in [0.2, 0.25) is 0 Å². The molecule has 1 N–H and O–H groups in total. The highest BCUT2D eigenvalue weighted by Gasteiger charge is 2.24. The third kappa shape index (κ3) is 3.76. The molecule has 0 radical (unpaired) electrons. The van der Waals surface area contributed by atoms with Gasteiger partial charge in [-0.15, -0.1) is 0 Å². The van der Waals surface area contributed by atoms with Crippen LogP contribution in [0.4, 0.5) is 4.39 Å². The Labute approximate surface area is 121 Å². The van der Waals surface area contributed by atoms with Crippen LogP contribution in [0.5, 0.6) is 0 Å². The Morgan fingerprint density at radius 2 is 2.16 bits per heavy atom. The van der Waals surface area contributed by atoms with Crippen LogP contribution in [-0.2, 0) is 11.3 Å². The summed E-state index contributed by atoms with van der Waals surface area (Å²) in [5.41, 5.74) is 1.09. The minimum atomic E-state index is -0.234. The van der Waals surface area contributed by atoms with Gasteiger partial charge in [-0.05, 0) is 59.6 Å². The lowest BCUT2D eigenvalue weighted by molar-refractivity contribution is -0.125. The van der Waals surface area contributed by atoms with E-state index in [2.05, 4.69) is 26.1 Å². The Balaban J connectivity index is 1.88. The maximum Gasteiger partial charge on any atom is 0.222 e. The second kappa shape index (κ2) is 6.48. The lowest BCUT2D eigenvalue weighted by atomic mass is 9.95. The molecule has 19 heavy (non-hydrogen) atoms. The maximum atomic E-state index is 13.2. The molecule has 1 saturated heterocycles. The van der Waals surface area contributed by atoms with Gasteiger partial charge < -0.3 is 5.32 Å². The molecule has 5 heteroatoms. The summed E-state index contributed by atoms with van der Waals surface area (Å²) in [6, 6.07) is 5.11. The van der Waals surface area contributed by atoms with Crippen LogP contribution in [0.3, 0.4) is 0 Å². The van der Waals surface area contributed by atoms with E-state index in [-0.39, 0.29) is 17.6 Å². The van der Waals surface area contributed by atoms with E-state index in [1.165, 1.54) is 6.07 Å². The summed E-state index contributed by atoms with van der Waals surface area (Å²) < 4.78 is 13.7. The van der Waals surface area contributed by atoms with Crippen molar-refractivity contribution in [3.63, 3.8) is 0 Å². The lowest BCUT2D eigenvalue weighted by Gasteiger charge is -2.31. The van der Waals surface area contributed by atoms with Crippen LogP contribution in [0.25, 0.3) is 0 Å². The summed E-state index contributed by atoms with van der Waals surface area (Å²) in [7, 11) is 1.69. The van der Waals surface area contributed by atoms with Gasteiger partial charge in [0.1, 0.15) is 5.82 Å². The van der Waals surface area contributed by atoms with Gasteiger partial charge in [-0.3, -0.25) is 9.69 Å². The van der Waals surface area contributed by atoms with Gasteiger partial charge in [0, 0.05) is 19.5 Å². The van der Waals surface area contributed by atoms with Gasteiger partial charge in [0.2, 0.25) is 5.91 Å². The topological polar surface area (TPSA) is 32.3 Å². The average molecular weight is 329 g/mol. The number of piperidine rings is 1. The van der Waals surface area contributed by atoms with Crippen molar-refractivity contribution in [2.24, 2.45) is 5.92 Å². The smallest absolute Gasteiger partial charge is 0.222 e. The van der Waals surface area contributed by atoms with Crippen molar-refractivity contribution < 1.29 is 9.18 Å². The molecule has 1 aromatic rings. The van der Waals surface area contributed by atoms with Crippen LogP contribution < -0.4 is 5.32 Å². The molecule has 0 saturated carbocycles. The first-order valence-corrected chi connectivity index (χ1v) is 7.27. The zero-order valence-electron chi connectivity index (χ0n) is 11.0. The fourth-order valence-corrected chi connectivity index (χ4v) is 2.88. The first-order chi connectivity index (χ1) is 9.10. The molecule has 2 rings (SSSR count). The Bertz CT molecular complexity index is 459. The number of halogens is 2. The molecule has 0 atom stereocenters. The van der Waals surface area contributed by atoms with Gasteiger partial charge in [-0.25, -0.2) is 4.39 Å². The van der Waals surface area contributed by atoms with Gasteiger partial charge in [0.15, 0.2) is 0 Å². The van der Waals surface area contributed by atoms with Gasteiger partial charge >= 0.3 is 0 Å². The van der Waals surface area contributed by atoms with Gasteiger partial charge in [-0.1, -0.05) is 6.07 Å². The van der Waals surface area contributed by atoms with Gasteiger partial charge in [0.05, 0.1) is 4.47 Å². The summed E-state index contributed by atoms with van der Waals surface area (Å²) in [4.78, 5) is 13.8. The zero-order chi connectivity index (χ0) is 13.8. The number of hydrogen-bond acceptors (Lipinski definition) is 2. The number of nitrogens with one attached hydrogen (secondary N) is 1. The Morgan fingerprint density at radius 1 is 1.47 bits per heavy atom. The fraction of sp³-hybridized carbons (Fsp3) is 0.500. The minimum Gasteiger partial charge on any atom is -0.359 e. The molecule has 1 aliphatic rings. The second-order valence-corrected chi connectivity index (χ2v) is 5.77. The van der Waals surface area contributed by atoms with Crippen molar-refractivity contribution in [2.75, 3.05) is 20.1 Å². The van der Waals surface area contributed by atoms with Crippen LogP contribution in [0, 0.1) is 11.7 Å². The third-order valence-corrected chi connectivity index (χ3v) is 4.20. The molecule has 3 nitrogen and oxygen atoms in total. The molecule has 0 aliphatic carbocycles. The number of carbonyl (C=O) groups excluding carboxylic acids is 1. The number of amides is 1. The summed E-state index contributed by atoms with van der Waals surface area (Å²) in [5, 5.41) is 2.71. The van der Waals surface area contributed by atoms with Crippen molar-refractivity contribution in [2.45, 2.75) is 19.4 Å². The van der Waals surface area contributed by atoms with Gasteiger partial charge in [0.25, 0.3) is 0 Å². The molecular formula is C14H18BrFN2O. The third-order valence-electron chi connectivity index (χ3n) is 3.59. The Hall–Kier alpha value is -0.940. The molecule has 1 fully saturated rings. The Morgan fingerprint density at radius 3 is 2.74 bits per heavy atom. The highest BCUT2D eigenvalue weighted by Crippen LogP contribution is 2.21. The highest BCUT2D eigenvalue weighted by molar-refractivity contribution is 9.10. The van der Waals surface area contributed by atoms with Crippen LogP contribution in [0.15, 0.2) is 22.7 Å². The van der Waals surface area contributed by atoms with E-state index in [4.69, 9.17) is 0 Å². The van der Waals surface area contributed by atoms with Crippen molar-refractivity contribution in [3.05, 3.63) is 34.1 Å². The molecule has 1 amide bonds. The Kier molecular flexibility index (Phi) is 4.93. The van der Waals surface area contributed by atoms with E-state index in [9.17, 15) is 9.18 Å². The number of carbonyl (C=O) groups is 1. The first-order valence-electron chi connectivity index (χ1n) is 6.48. The normalized spacial score (nSPS) is 17.4. The number of likely N-dealkylation sites (tertiary alicyclic amines) is 1. The van der Waals surface area contributed by atoms with E-state index in [0.717, 1.165) is 38.0 Å². The van der Waals surface area contributed by atoms with Crippen LogP contribution in [-0.4, -0.2) is 30.9 Å². The van der Waals surface area contributed by atoms with Crippen LogP contribution in [0.1, 0.15) is 18.4 Å². The number of rotatable bonds is 3. The zero-order valence-corrected chi connectivity index (χ0v) is 12.5. The minimum absolute atomic E-state index is 0.140. The van der Waals surface area contributed by atoms with Crippen LogP contribution >= 0.6 is 15.9 Å². The predicted octanol–water partition coefficient (Wildman–Crippen LogP) is 2.55. The van der Waals surface area contributed by atoms with Crippen molar-refractivity contribution in [1.82, 2.24) is 10.2 Å². The van der Waals surface area contributed by atoms with E-state index in [0.29, 0.717) is 4.47 Å².